The van der Waals surface area contributed by atoms with Crippen molar-refractivity contribution in [2.75, 3.05) is 6.54 Å². The first-order chi connectivity index (χ1) is 7.75. The first kappa shape index (κ1) is 14.2. The van der Waals surface area contributed by atoms with Gasteiger partial charge in [0.05, 0.1) is 0 Å². The average molecular weight is 330 g/mol. The molecule has 8 heteroatoms. The number of nitrogens with one attached hydrogen (secondary N) is 1. The van der Waals surface area contributed by atoms with Crippen molar-refractivity contribution in [3.63, 3.8) is 0 Å². The molecule has 1 aromatic rings. The fourth-order valence-corrected chi connectivity index (χ4v) is 2.39. The smallest absolute Gasteiger partial charge is 0.207 e. The summed E-state index contributed by atoms with van der Waals surface area (Å²) >= 11 is 2.89. The lowest BCUT2D eigenvalue weighted by atomic mass is 10.3. The molecule has 0 aliphatic carbocycles. The molecule has 3 nitrogen and oxygen atoms in total. The lowest BCUT2D eigenvalue weighted by Crippen LogP contribution is -2.26. The van der Waals surface area contributed by atoms with Crippen LogP contribution >= 0.6 is 15.9 Å². The van der Waals surface area contributed by atoms with E-state index in [4.69, 9.17) is 0 Å². The van der Waals surface area contributed by atoms with E-state index in [0.29, 0.717) is 16.6 Å². The zero-order valence-electron chi connectivity index (χ0n) is 8.31. The summed E-state index contributed by atoms with van der Waals surface area (Å²) in [7, 11) is -4.25. The molecule has 0 saturated heterocycles. The standard InChI is InChI=1S/C9H7BrF3NO2S/c1-5(10)4-14-17(15,16)7-3-2-6(11)8(12)9(7)13/h2-3,14H,1,4H2. The molecule has 0 saturated carbocycles. The Kier molecular flexibility index (Phi) is 4.34. The molecule has 0 aromatic heterocycles. The van der Waals surface area contributed by atoms with Crippen LogP contribution in [0, 0.1) is 17.5 Å². The predicted octanol–water partition coefficient (Wildman–Crippen LogP) is 2.29. The summed E-state index contributed by atoms with van der Waals surface area (Å²) in [5, 5.41) is 0. The van der Waals surface area contributed by atoms with Gasteiger partial charge >= 0.3 is 0 Å². The molecule has 0 unspecified atom stereocenters. The molecule has 1 rings (SSSR count). The van der Waals surface area contributed by atoms with E-state index in [2.05, 4.69) is 22.5 Å². The summed E-state index contributed by atoms with van der Waals surface area (Å²) in [5.74, 6) is -5.03. The lowest BCUT2D eigenvalue weighted by Gasteiger charge is -2.07. The van der Waals surface area contributed by atoms with Gasteiger partial charge in [-0.15, -0.1) is 0 Å². The van der Waals surface area contributed by atoms with Crippen molar-refractivity contribution in [1.29, 1.82) is 0 Å². The number of rotatable bonds is 4. The van der Waals surface area contributed by atoms with Crippen LogP contribution in [-0.2, 0) is 10.0 Å². The van der Waals surface area contributed by atoms with Crippen molar-refractivity contribution in [2.24, 2.45) is 0 Å². The summed E-state index contributed by atoms with van der Waals surface area (Å²) in [6.07, 6.45) is 0. The number of hydrogen-bond donors (Lipinski definition) is 1. The summed E-state index contributed by atoms with van der Waals surface area (Å²) < 4.78 is 64.0. The van der Waals surface area contributed by atoms with Crippen LogP contribution < -0.4 is 4.72 Å². The predicted molar refractivity (Wildman–Crippen MR) is 59.6 cm³/mol. The van der Waals surface area contributed by atoms with Crippen molar-refractivity contribution in [1.82, 2.24) is 4.72 Å². The minimum Gasteiger partial charge on any atom is -0.207 e. The first-order valence-corrected chi connectivity index (χ1v) is 6.50. The van der Waals surface area contributed by atoms with E-state index in [-0.39, 0.29) is 6.54 Å². The molecule has 0 heterocycles. The van der Waals surface area contributed by atoms with Crippen LogP contribution in [0.15, 0.2) is 28.1 Å². The summed E-state index contributed by atoms with van der Waals surface area (Å²) in [6, 6.07) is 1.18. The Morgan fingerprint density at radius 1 is 1.29 bits per heavy atom. The highest BCUT2D eigenvalue weighted by Crippen LogP contribution is 2.19. The molecule has 0 aliphatic heterocycles. The highest BCUT2D eigenvalue weighted by Gasteiger charge is 2.23. The molecule has 0 fully saturated rings. The molecular weight excluding hydrogens is 323 g/mol. The van der Waals surface area contributed by atoms with Gasteiger partial charge in [-0.3, -0.25) is 0 Å². The lowest BCUT2D eigenvalue weighted by molar-refractivity contribution is 0.432. The van der Waals surface area contributed by atoms with E-state index in [9.17, 15) is 21.6 Å². The quantitative estimate of drug-likeness (QED) is 0.861. The molecule has 0 amide bonds. The number of benzene rings is 1. The van der Waals surface area contributed by atoms with Crippen molar-refractivity contribution in [2.45, 2.75) is 4.90 Å². The molecular formula is C9H7BrF3NO2S. The van der Waals surface area contributed by atoms with Gasteiger partial charge < -0.3 is 0 Å². The summed E-state index contributed by atoms with van der Waals surface area (Å²) in [6.45, 7) is 3.17. The van der Waals surface area contributed by atoms with Gasteiger partial charge in [-0.25, -0.2) is 26.3 Å². The van der Waals surface area contributed by atoms with Gasteiger partial charge in [0.1, 0.15) is 4.90 Å². The van der Waals surface area contributed by atoms with Gasteiger partial charge in [0.15, 0.2) is 17.5 Å². The third-order valence-corrected chi connectivity index (χ3v) is 3.44. The second kappa shape index (κ2) is 5.19. The van der Waals surface area contributed by atoms with E-state index in [1.165, 1.54) is 0 Å². The molecule has 0 bridgehead atoms. The van der Waals surface area contributed by atoms with E-state index in [1.54, 1.807) is 0 Å². The second-order valence-electron chi connectivity index (χ2n) is 3.02. The van der Waals surface area contributed by atoms with Gasteiger partial charge in [-0.1, -0.05) is 22.5 Å². The van der Waals surface area contributed by atoms with E-state index >= 15 is 0 Å². The number of sulfonamides is 1. The monoisotopic (exact) mass is 329 g/mol. The summed E-state index contributed by atoms with van der Waals surface area (Å²) in [4.78, 5) is -0.954. The molecule has 17 heavy (non-hydrogen) atoms. The summed E-state index contributed by atoms with van der Waals surface area (Å²) in [5.41, 5.74) is 0. The van der Waals surface area contributed by atoms with Gasteiger partial charge in [0, 0.05) is 11.0 Å². The third kappa shape index (κ3) is 3.30. The SMILES string of the molecule is C=C(Br)CNS(=O)(=O)c1ccc(F)c(F)c1F. The number of halogens is 4. The van der Waals surface area contributed by atoms with Crippen LogP contribution in [0.2, 0.25) is 0 Å². The Hall–Kier alpha value is -0.860. The maximum atomic E-state index is 13.2. The van der Waals surface area contributed by atoms with Crippen LogP contribution in [0.25, 0.3) is 0 Å². The van der Waals surface area contributed by atoms with Gasteiger partial charge in [0.25, 0.3) is 0 Å². The van der Waals surface area contributed by atoms with Gasteiger partial charge in [-0.05, 0) is 12.1 Å². The molecule has 0 aliphatic rings. The largest absolute Gasteiger partial charge is 0.243 e. The fraction of sp³-hybridized carbons (Fsp3) is 0.111. The minimum atomic E-state index is -4.25. The van der Waals surface area contributed by atoms with Crippen molar-refractivity contribution >= 4 is 26.0 Å². The average Bonchev–Trinajstić information content (AvgIpc) is 2.23. The van der Waals surface area contributed by atoms with Crippen LogP contribution in [0.5, 0.6) is 0 Å². The third-order valence-electron chi connectivity index (χ3n) is 1.74. The fourth-order valence-electron chi connectivity index (χ4n) is 0.967. The van der Waals surface area contributed by atoms with E-state index < -0.39 is 32.4 Å². The highest BCUT2D eigenvalue weighted by atomic mass is 79.9. The molecule has 0 spiro atoms. The van der Waals surface area contributed by atoms with E-state index in [1.807, 2.05) is 4.72 Å². The molecule has 94 valence electrons. The zero-order valence-corrected chi connectivity index (χ0v) is 10.7. The molecule has 0 atom stereocenters. The molecule has 1 aromatic carbocycles. The Morgan fingerprint density at radius 2 is 1.88 bits per heavy atom. The second-order valence-corrected chi connectivity index (χ2v) is 5.87. The Bertz CT molecular complexity index is 560. The maximum absolute atomic E-state index is 13.2. The topological polar surface area (TPSA) is 46.2 Å². The molecule has 1 N–H and O–H groups in total. The van der Waals surface area contributed by atoms with Crippen LogP contribution in [0.4, 0.5) is 13.2 Å². The van der Waals surface area contributed by atoms with Crippen LogP contribution in [0.3, 0.4) is 0 Å². The maximum Gasteiger partial charge on any atom is 0.243 e. The minimum absolute atomic E-state index is 0.194. The number of hydrogen-bond acceptors (Lipinski definition) is 2. The Labute approximate surface area is 105 Å². The van der Waals surface area contributed by atoms with Crippen molar-refractivity contribution < 1.29 is 21.6 Å². The van der Waals surface area contributed by atoms with E-state index in [0.717, 1.165) is 0 Å². The zero-order chi connectivity index (χ0) is 13.2. The van der Waals surface area contributed by atoms with Crippen LogP contribution in [0.1, 0.15) is 0 Å². The Morgan fingerprint density at radius 3 is 2.41 bits per heavy atom. The Balaban J connectivity index is 3.16. The first-order valence-electron chi connectivity index (χ1n) is 4.22. The highest BCUT2D eigenvalue weighted by molar-refractivity contribution is 9.11. The van der Waals surface area contributed by atoms with Gasteiger partial charge in [0.2, 0.25) is 10.0 Å². The molecule has 0 radical (unpaired) electrons. The van der Waals surface area contributed by atoms with Crippen LogP contribution in [-0.4, -0.2) is 15.0 Å². The van der Waals surface area contributed by atoms with Crippen molar-refractivity contribution in [3.8, 4) is 0 Å². The van der Waals surface area contributed by atoms with Gasteiger partial charge in [-0.2, -0.15) is 0 Å². The van der Waals surface area contributed by atoms with Crippen molar-refractivity contribution in [3.05, 3.63) is 40.6 Å². The normalized spacial score (nSPS) is 11.5.